The number of hydroxylamine groups is 2. The fourth-order valence-corrected chi connectivity index (χ4v) is 7.66. The molecule has 0 unspecified atom stereocenters. The van der Waals surface area contributed by atoms with Crippen LogP contribution in [0.15, 0.2) is 146 Å². The van der Waals surface area contributed by atoms with Crippen molar-refractivity contribution in [2.75, 3.05) is 19.9 Å². The number of benzene rings is 5. The lowest BCUT2D eigenvalue weighted by Gasteiger charge is -2.29. The molecule has 50 heavy (non-hydrogen) atoms. The van der Waals surface area contributed by atoms with Crippen LogP contribution in [-0.2, 0) is 28.9 Å². The Morgan fingerprint density at radius 3 is 1.02 bits per heavy atom. The normalized spacial score (nSPS) is 25.8. The number of anilines is 4. The van der Waals surface area contributed by atoms with E-state index in [0.717, 1.165) is 32.3 Å². The van der Waals surface area contributed by atoms with Gasteiger partial charge in [0, 0.05) is 0 Å². The Bertz CT molecular complexity index is 1950. The number of para-hydroxylation sites is 2. The van der Waals surface area contributed by atoms with Crippen LogP contribution in [0.5, 0.6) is 0 Å². The summed E-state index contributed by atoms with van der Waals surface area (Å²) in [6.07, 6.45) is -2.04. The molecule has 0 aromatic heterocycles. The van der Waals surface area contributed by atoms with Gasteiger partial charge in [-0.3, -0.25) is 28.9 Å². The SMILES string of the molecule is O=C1[C@H]2[C@H](ON(c3ccccc3)[C@H]2c2ccccc2)C(=O)N1c1ccc(N2C(=O)[C@H]3[C@H](ON(c4ccccc4)[C@H]3c3ccccc3)C2=O)cc1. The smallest absolute Gasteiger partial charge is 0.266 e. The Labute approximate surface area is 287 Å². The largest absolute Gasteiger partial charge is 0.273 e. The first-order valence-corrected chi connectivity index (χ1v) is 16.5. The van der Waals surface area contributed by atoms with Crippen molar-refractivity contribution in [1.29, 1.82) is 0 Å². The van der Waals surface area contributed by atoms with Crippen LogP contribution in [0.2, 0.25) is 0 Å². The van der Waals surface area contributed by atoms with Crippen molar-refractivity contribution in [1.82, 2.24) is 0 Å². The molecule has 4 saturated heterocycles. The average Bonchev–Trinajstić information content (AvgIpc) is 3.89. The zero-order valence-corrected chi connectivity index (χ0v) is 26.6. The molecule has 10 nitrogen and oxygen atoms in total. The van der Waals surface area contributed by atoms with Crippen LogP contribution >= 0.6 is 0 Å². The van der Waals surface area contributed by atoms with E-state index in [0.29, 0.717) is 11.4 Å². The number of amides is 4. The van der Waals surface area contributed by atoms with Crippen molar-refractivity contribution >= 4 is 46.4 Å². The third-order valence-corrected chi connectivity index (χ3v) is 9.90. The number of nitrogens with zero attached hydrogens (tertiary/aromatic N) is 4. The molecular formula is C40H30N4O6. The highest BCUT2D eigenvalue weighted by atomic mass is 16.7. The zero-order valence-electron chi connectivity index (χ0n) is 26.6. The molecule has 9 rings (SSSR count). The van der Waals surface area contributed by atoms with E-state index in [1.165, 1.54) is 0 Å². The molecule has 0 aliphatic carbocycles. The quantitative estimate of drug-likeness (QED) is 0.211. The fraction of sp³-hybridized carbons (Fsp3) is 0.150. The van der Waals surface area contributed by atoms with Crippen LogP contribution in [0.4, 0.5) is 22.7 Å². The van der Waals surface area contributed by atoms with E-state index in [4.69, 9.17) is 9.68 Å². The molecule has 4 aliphatic rings. The molecule has 0 saturated carbocycles. The summed E-state index contributed by atoms with van der Waals surface area (Å²) in [5.41, 5.74) is 3.83. The molecule has 6 atom stereocenters. The first kappa shape index (κ1) is 30.0. The molecule has 0 spiro atoms. The Morgan fingerprint density at radius 1 is 0.360 bits per heavy atom. The summed E-state index contributed by atoms with van der Waals surface area (Å²) in [6.45, 7) is 0. The molecule has 0 N–H and O–H groups in total. The number of imide groups is 2. The van der Waals surface area contributed by atoms with Crippen molar-refractivity contribution in [2.45, 2.75) is 24.3 Å². The molecule has 5 aromatic rings. The minimum absolute atomic E-state index is 0.327. The molecule has 5 aromatic carbocycles. The average molecular weight is 663 g/mol. The number of fused-ring (bicyclic) bond motifs is 2. The van der Waals surface area contributed by atoms with E-state index >= 15 is 0 Å². The van der Waals surface area contributed by atoms with Crippen molar-refractivity contribution in [3.8, 4) is 0 Å². The van der Waals surface area contributed by atoms with Gasteiger partial charge in [0.25, 0.3) is 11.8 Å². The summed E-state index contributed by atoms with van der Waals surface area (Å²) in [5, 5.41) is 3.32. The molecule has 246 valence electrons. The zero-order chi connectivity index (χ0) is 33.9. The Morgan fingerprint density at radius 2 is 0.680 bits per heavy atom. The number of carbonyl (C=O) groups excluding carboxylic acids is 4. The van der Waals surface area contributed by atoms with E-state index in [-0.39, 0.29) is 11.8 Å². The summed E-state index contributed by atoms with van der Waals surface area (Å²) < 4.78 is 0. The predicted molar refractivity (Wildman–Crippen MR) is 184 cm³/mol. The van der Waals surface area contributed by atoms with Gasteiger partial charge < -0.3 is 0 Å². The second kappa shape index (κ2) is 11.8. The maximum atomic E-state index is 14.1. The van der Waals surface area contributed by atoms with Gasteiger partial charge in [-0.1, -0.05) is 97.1 Å². The Kier molecular flexibility index (Phi) is 7.08. The second-order valence-electron chi connectivity index (χ2n) is 12.7. The van der Waals surface area contributed by atoms with E-state index in [9.17, 15) is 19.2 Å². The highest BCUT2D eigenvalue weighted by molar-refractivity contribution is 6.25. The topological polar surface area (TPSA) is 99.7 Å². The highest BCUT2D eigenvalue weighted by Gasteiger charge is 2.62. The number of hydrogen-bond donors (Lipinski definition) is 0. The summed E-state index contributed by atoms with van der Waals surface area (Å²) in [6, 6.07) is 43.1. The lowest BCUT2D eigenvalue weighted by molar-refractivity contribution is -0.127. The van der Waals surface area contributed by atoms with Crippen molar-refractivity contribution in [2.24, 2.45) is 11.8 Å². The van der Waals surface area contributed by atoms with E-state index < -0.39 is 47.9 Å². The van der Waals surface area contributed by atoms with E-state index in [1.807, 2.05) is 121 Å². The van der Waals surface area contributed by atoms with Gasteiger partial charge in [-0.25, -0.2) is 19.9 Å². The maximum Gasteiger partial charge on any atom is 0.266 e. The van der Waals surface area contributed by atoms with Crippen LogP contribution < -0.4 is 19.9 Å². The van der Waals surface area contributed by atoms with Crippen LogP contribution in [0, 0.1) is 11.8 Å². The lowest BCUT2D eigenvalue weighted by atomic mass is 9.90. The van der Waals surface area contributed by atoms with E-state index in [2.05, 4.69) is 0 Å². The predicted octanol–water partition coefficient (Wildman–Crippen LogP) is 5.79. The van der Waals surface area contributed by atoms with Crippen molar-refractivity contribution in [3.63, 3.8) is 0 Å². The van der Waals surface area contributed by atoms with Gasteiger partial charge in [0.2, 0.25) is 11.8 Å². The summed E-state index contributed by atoms with van der Waals surface area (Å²) >= 11 is 0. The molecule has 4 heterocycles. The first-order valence-electron chi connectivity index (χ1n) is 16.5. The number of hydrogen-bond acceptors (Lipinski definition) is 8. The maximum absolute atomic E-state index is 14.1. The van der Waals surface area contributed by atoms with Gasteiger partial charge in [0.05, 0.1) is 34.8 Å². The molecule has 4 fully saturated rings. The van der Waals surface area contributed by atoms with Gasteiger partial charge in [-0.2, -0.15) is 0 Å². The molecule has 10 heteroatoms. The molecule has 0 radical (unpaired) electrons. The summed E-state index contributed by atoms with van der Waals surface area (Å²) in [4.78, 5) is 70.7. The van der Waals surface area contributed by atoms with Crippen molar-refractivity contribution < 1.29 is 28.9 Å². The third kappa shape index (κ3) is 4.57. The minimum atomic E-state index is -1.02. The number of carbonyl (C=O) groups is 4. The molecular weight excluding hydrogens is 632 g/mol. The minimum Gasteiger partial charge on any atom is -0.273 e. The number of rotatable bonds is 6. The fourth-order valence-electron chi connectivity index (χ4n) is 7.66. The van der Waals surface area contributed by atoms with Gasteiger partial charge in [-0.15, -0.1) is 0 Å². The first-order chi connectivity index (χ1) is 24.5. The Hall–Kier alpha value is -6.10. The van der Waals surface area contributed by atoms with Crippen LogP contribution in [0.3, 0.4) is 0 Å². The van der Waals surface area contributed by atoms with Gasteiger partial charge >= 0.3 is 0 Å². The second-order valence-corrected chi connectivity index (χ2v) is 12.7. The molecule has 4 amide bonds. The van der Waals surface area contributed by atoms with Crippen LogP contribution in [0.1, 0.15) is 23.2 Å². The third-order valence-electron chi connectivity index (χ3n) is 9.90. The van der Waals surface area contributed by atoms with E-state index in [1.54, 1.807) is 34.4 Å². The molecule has 4 aliphatic heterocycles. The van der Waals surface area contributed by atoms with Crippen LogP contribution in [0.25, 0.3) is 0 Å². The van der Waals surface area contributed by atoms with Crippen LogP contribution in [-0.4, -0.2) is 35.8 Å². The monoisotopic (exact) mass is 662 g/mol. The van der Waals surface area contributed by atoms with Gasteiger partial charge in [0.1, 0.15) is 11.8 Å². The highest BCUT2D eigenvalue weighted by Crippen LogP contribution is 2.49. The Balaban J connectivity index is 0.999. The van der Waals surface area contributed by atoms with Crippen molar-refractivity contribution in [3.05, 3.63) is 157 Å². The lowest BCUT2D eigenvalue weighted by Crippen LogP contribution is -2.38. The van der Waals surface area contributed by atoms with Gasteiger partial charge in [0.15, 0.2) is 12.2 Å². The standard InChI is InChI=1S/C40H30N4O6/c45-37-31-33(25-13-5-1-6-14-25)43(29-17-9-3-10-18-29)49-35(31)39(47)41(37)27-21-23-28(24-22-27)42-38(46)32-34(26-15-7-2-8-16-26)44(50-36(32)40(42)48)30-19-11-4-12-20-30/h1-24,31-36H/t31-,32-,33+,34+,35+,36+/m1/s1. The summed E-state index contributed by atoms with van der Waals surface area (Å²) in [7, 11) is 0. The summed E-state index contributed by atoms with van der Waals surface area (Å²) in [5.74, 6) is -3.30. The molecule has 0 bridgehead atoms. The van der Waals surface area contributed by atoms with Gasteiger partial charge in [-0.05, 0) is 59.7 Å².